The average molecular weight is 1520 g/mol. The lowest BCUT2D eigenvalue weighted by Gasteiger charge is -2.27. The zero-order valence-corrected chi connectivity index (χ0v) is 66.2. The van der Waals surface area contributed by atoms with E-state index in [1.165, 1.54) is 9.80 Å². The first kappa shape index (κ1) is 97.3. The summed E-state index contributed by atoms with van der Waals surface area (Å²) < 4.78 is 21.0. The van der Waals surface area contributed by atoms with E-state index in [1.807, 2.05) is 0 Å². The van der Waals surface area contributed by atoms with Crippen LogP contribution >= 0.6 is 0 Å². The molecule has 0 spiro atoms. The third-order valence-electron chi connectivity index (χ3n) is 14.5. The van der Waals surface area contributed by atoms with Crippen molar-refractivity contribution in [3.05, 3.63) is 59.7 Å². The molecule has 0 saturated carbocycles. The van der Waals surface area contributed by atoms with Crippen LogP contribution in [0.3, 0.4) is 0 Å². The van der Waals surface area contributed by atoms with Crippen LogP contribution < -0.4 is 53.6 Å². The van der Waals surface area contributed by atoms with E-state index in [1.54, 1.807) is 188 Å². The number of carboxylic acids is 1. The molecule has 0 bridgehead atoms. The smallest absolute Gasteiger partial charge is 0.407 e. The van der Waals surface area contributed by atoms with Gasteiger partial charge in [-0.05, 0) is 169 Å². The van der Waals surface area contributed by atoms with Gasteiger partial charge in [-0.1, -0.05) is 52.0 Å². The van der Waals surface area contributed by atoms with Crippen molar-refractivity contribution in [2.24, 2.45) is 11.8 Å². The van der Waals surface area contributed by atoms with E-state index in [-0.39, 0.29) is 115 Å². The van der Waals surface area contributed by atoms with Crippen molar-refractivity contribution in [3.63, 3.8) is 0 Å². The van der Waals surface area contributed by atoms with Crippen LogP contribution in [0.1, 0.15) is 199 Å². The molecule has 2 rings (SSSR count). The number of benzene rings is 2. The average Bonchev–Trinajstić information content (AvgIpc) is 0.861. The molecule has 33 nitrogen and oxygen atoms in total. The molecule has 604 valence electrons. The number of carboxylic acid groups (broad SMARTS) is 1. The molecular weight excluding hydrogens is 1390 g/mol. The summed E-state index contributed by atoms with van der Waals surface area (Å²) >= 11 is 0. The second-order valence-corrected chi connectivity index (χ2v) is 30.4. The van der Waals surface area contributed by atoms with Crippen molar-refractivity contribution in [2.75, 3.05) is 52.3 Å². The van der Waals surface area contributed by atoms with Gasteiger partial charge in [0.1, 0.15) is 58.7 Å². The minimum Gasteiger partial charge on any atom is -0.480 e. The fourth-order valence-electron chi connectivity index (χ4n) is 9.07. The lowest BCUT2D eigenvalue weighted by molar-refractivity contribution is -0.156. The number of aliphatic hydroxyl groups is 2. The topological polar surface area (TPSA) is 477 Å². The number of nitrogens with two attached hydrogens (primary N) is 1. The van der Waals surface area contributed by atoms with Crippen LogP contribution in [0.5, 0.6) is 0 Å². The standard InChI is InChI=1S/C37H60N6O10.C30H53N5O10.C7H9NO/c1-23(2)31(42-33(49)26(18-19-30(47)52-36(3,4)5)40-28(45)12-11-13-29(46)43(9)10)34(50)41-27(20-21-38-35(51)53-37(6,7)8)32(48)39-25-16-14-24(22-44)15-17-25;1-18(2)24(26(40)33-20(27(41)42)16-17-31-28(43)45-30(6,7)8)34-25(39)19(14-15-23(38)44-29(3,4)5)32-21(36)12-11-13-22(37)35(9)10;8-7-3-1-6(5-9)2-4-7/h14-17,23,26-27,31,44H,11-13,18-22H2,1-10H3,(H,38,51)(H,39,48)(H,40,45)(H,41,50)(H,42,49);18-20,24H,11-17H2,1-10H3,(H,31,43)(H,32,36)(H,33,40)(H,34,39)(H,41,42);1-4,9H,5,8H2/t26-,27-,31-;19-,20-,24-;/m00./s1. The highest BCUT2D eigenvalue weighted by Crippen LogP contribution is 2.17. The third-order valence-corrected chi connectivity index (χ3v) is 14.5. The lowest BCUT2D eigenvalue weighted by Crippen LogP contribution is -2.58. The fraction of sp³-hybridized carbons (Fsp3) is 0.649. The fourth-order valence-corrected chi connectivity index (χ4v) is 9.07. The zero-order chi connectivity index (χ0) is 82.3. The molecule has 0 saturated heterocycles. The van der Waals surface area contributed by atoms with Crippen molar-refractivity contribution in [3.8, 4) is 0 Å². The SMILES string of the molecule is CC(C)[C@H](NC(=O)[C@H](CCC(=O)OC(C)(C)C)NC(=O)CCCC(=O)N(C)C)C(=O)N[C@@H](CCNC(=O)OC(C)(C)C)C(=O)Nc1ccc(CO)cc1.CC(C)[C@H](NC(=O)[C@H](CCC(=O)OC(C)(C)C)NC(=O)CCCC(=O)N(C)C)C(=O)N[C@@H](CCNC(=O)OC(C)(C)C)C(=O)O.Nc1ccc(CO)cc1. The monoisotopic (exact) mass is 1510 g/mol. The number of nitrogens with one attached hydrogen (secondary N) is 9. The van der Waals surface area contributed by atoms with Crippen molar-refractivity contribution >= 4 is 94.6 Å². The molecule has 0 radical (unpaired) electrons. The van der Waals surface area contributed by atoms with E-state index in [2.05, 4.69) is 47.9 Å². The Labute approximate surface area is 629 Å². The van der Waals surface area contributed by atoms with Crippen LogP contribution in [-0.2, 0) is 89.7 Å². The van der Waals surface area contributed by atoms with Crippen LogP contribution in [0, 0.1) is 11.8 Å². The van der Waals surface area contributed by atoms with E-state index >= 15 is 0 Å². The maximum absolute atomic E-state index is 13.7. The van der Waals surface area contributed by atoms with Crippen molar-refractivity contribution in [2.45, 2.75) is 260 Å². The normalized spacial score (nSPS) is 13.0. The molecule has 2 aromatic carbocycles. The van der Waals surface area contributed by atoms with Gasteiger partial charge in [0.15, 0.2) is 0 Å². The minimum absolute atomic E-state index is 0.0464. The van der Waals surface area contributed by atoms with Crippen LogP contribution in [0.15, 0.2) is 48.5 Å². The van der Waals surface area contributed by atoms with Crippen LogP contribution in [0.25, 0.3) is 0 Å². The molecular formula is C74H122N12O21. The third kappa shape index (κ3) is 46.1. The highest BCUT2D eigenvalue weighted by Gasteiger charge is 2.35. The number of aliphatic carboxylic acids is 1. The van der Waals surface area contributed by atoms with Crippen molar-refractivity contribution < 1.29 is 101 Å². The Hall–Kier alpha value is -9.66. The molecule has 0 aromatic heterocycles. The van der Waals surface area contributed by atoms with Crippen LogP contribution in [-0.4, -0.2) is 208 Å². The second-order valence-electron chi connectivity index (χ2n) is 30.4. The van der Waals surface area contributed by atoms with E-state index in [0.29, 0.717) is 11.3 Å². The molecule has 6 atom stereocenters. The van der Waals surface area contributed by atoms with Crippen molar-refractivity contribution in [1.82, 2.24) is 52.3 Å². The summed E-state index contributed by atoms with van der Waals surface area (Å²) in [5, 5.41) is 50.8. The number of rotatable bonds is 37. The number of ether oxygens (including phenoxy) is 4. The first-order chi connectivity index (χ1) is 49.3. The Morgan fingerprint density at radius 1 is 0.411 bits per heavy atom. The molecule has 0 heterocycles. The van der Waals surface area contributed by atoms with Gasteiger partial charge in [0.2, 0.25) is 53.2 Å². The van der Waals surface area contributed by atoms with E-state index in [0.717, 1.165) is 11.3 Å². The number of hydrogen-bond donors (Lipinski definition) is 13. The van der Waals surface area contributed by atoms with Gasteiger partial charge in [-0.15, -0.1) is 0 Å². The Balaban J connectivity index is 0.00000189. The van der Waals surface area contributed by atoms with Gasteiger partial charge in [0, 0.05) is 91.2 Å². The number of esters is 2. The van der Waals surface area contributed by atoms with Gasteiger partial charge < -0.3 is 97.7 Å². The van der Waals surface area contributed by atoms with E-state index < -0.39 is 142 Å². The summed E-state index contributed by atoms with van der Waals surface area (Å²) in [6.45, 7) is 26.7. The number of carbonyl (C=O) groups excluding carboxylic acids is 13. The number of aliphatic hydroxyl groups excluding tert-OH is 2. The Morgan fingerprint density at radius 2 is 0.738 bits per heavy atom. The molecule has 0 aliphatic heterocycles. The first-order valence-corrected chi connectivity index (χ1v) is 35.6. The number of nitrogen functional groups attached to an aromatic ring is 1. The largest absolute Gasteiger partial charge is 0.480 e. The number of amides is 11. The van der Waals surface area contributed by atoms with Gasteiger partial charge in [-0.3, -0.25) is 52.7 Å². The van der Waals surface area contributed by atoms with Gasteiger partial charge >= 0.3 is 30.1 Å². The van der Waals surface area contributed by atoms with Gasteiger partial charge in [-0.25, -0.2) is 14.4 Å². The maximum Gasteiger partial charge on any atom is 0.407 e. The summed E-state index contributed by atoms with van der Waals surface area (Å²) in [5.41, 5.74) is 5.01. The van der Waals surface area contributed by atoms with E-state index in [9.17, 15) is 77.3 Å². The molecule has 107 heavy (non-hydrogen) atoms. The Bertz CT molecular complexity index is 3210. The number of nitrogens with zero attached hydrogens (tertiary/aromatic N) is 2. The predicted octanol–water partition coefficient (Wildman–Crippen LogP) is 4.76. The number of carbonyl (C=O) groups is 14. The molecule has 0 aliphatic carbocycles. The quantitative estimate of drug-likeness (QED) is 0.0246. The van der Waals surface area contributed by atoms with E-state index in [4.69, 9.17) is 29.8 Å². The van der Waals surface area contributed by atoms with Crippen LogP contribution in [0.4, 0.5) is 21.0 Å². The second kappa shape index (κ2) is 47.8. The number of anilines is 2. The lowest BCUT2D eigenvalue weighted by atomic mass is 10.0. The molecule has 11 amide bonds. The van der Waals surface area contributed by atoms with Crippen LogP contribution in [0.2, 0.25) is 0 Å². The summed E-state index contributed by atoms with van der Waals surface area (Å²) in [4.78, 5) is 180. The highest BCUT2D eigenvalue weighted by molar-refractivity contribution is 5.99. The zero-order valence-electron chi connectivity index (χ0n) is 66.2. The predicted molar refractivity (Wildman–Crippen MR) is 400 cm³/mol. The van der Waals surface area contributed by atoms with Gasteiger partial charge in [0.05, 0.1) is 13.2 Å². The van der Waals surface area contributed by atoms with Gasteiger partial charge in [0.25, 0.3) is 0 Å². The Morgan fingerprint density at radius 3 is 1.06 bits per heavy atom. The van der Waals surface area contributed by atoms with Crippen molar-refractivity contribution in [1.29, 1.82) is 0 Å². The summed E-state index contributed by atoms with van der Waals surface area (Å²) in [6.07, 6.45) is -1.73. The minimum atomic E-state index is -1.39. The molecule has 0 aliphatic rings. The van der Waals surface area contributed by atoms with Gasteiger partial charge in [-0.2, -0.15) is 0 Å². The number of hydrogen-bond acceptors (Lipinski definition) is 21. The first-order valence-electron chi connectivity index (χ1n) is 35.6. The molecule has 0 unspecified atom stereocenters. The maximum atomic E-state index is 13.7. The summed E-state index contributed by atoms with van der Waals surface area (Å²) in [5.74, 6) is -8.48. The summed E-state index contributed by atoms with van der Waals surface area (Å²) in [6, 6.07) is 6.16. The summed E-state index contributed by atoms with van der Waals surface area (Å²) in [7, 11) is 6.41. The number of alkyl carbamates (subject to hydrolysis) is 2. The highest BCUT2D eigenvalue weighted by atomic mass is 16.6. The molecule has 0 fully saturated rings. The molecule has 14 N–H and O–H groups in total. The molecule has 2 aromatic rings. The Kier molecular flexibility index (Phi) is 43.5. The molecule has 33 heteroatoms.